The lowest BCUT2D eigenvalue weighted by Gasteiger charge is -2.31. The van der Waals surface area contributed by atoms with Gasteiger partial charge in [-0.2, -0.15) is 0 Å². The van der Waals surface area contributed by atoms with E-state index in [-0.39, 0.29) is 5.11 Å². The summed E-state index contributed by atoms with van der Waals surface area (Å²) in [5.41, 5.74) is 1.86. The first-order valence-electron chi connectivity index (χ1n) is 8.69. The molecular weight excluding hydrogens is 370 g/mol. The Bertz CT molecular complexity index is 791. The largest absolute Gasteiger partial charge is 0.301 e. The van der Waals surface area contributed by atoms with Crippen molar-refractivity contribution in [2.75, 3.05) is 11.4 Å². The molecule has 1 saturated heterocycles. The SMILES string of the molecule is O=C1NC(=S)N(c2ccccc2Cl)C(=O)[C@@H]1C=NCCC1=CCCCC1. The maximum atomic E-state index is 12.8. The number of halogens is 1. The van der Waals surface area contributed by atoms with E-state index in [2.05, 4.69) is 16.4 Å². The fraction of sp³-hybridized carbons (Fsp3) is 0.368. The molecule has 1 aromatic rings. The third kappa shape index (κ3) is 4.19. The van der Waals surface area contributed by atoms with E-state index < -0.39 is 17.7 Å². The number of rotatable bonds is 5. The van der Waals surface area contributed by atoms with Crippen molar-refractivity contribution in [3.8, 4) is 0 Å². The number of nitrogens with zero attached hydrogens (tertiary/aromatic N) is 2. The van der Waals surface area contributed by atoms with Gasteiger partial charge in [-0.25, -0.2) is 0 Å². The standard InChI is InChI=1S/C19H20ClN3O2S/c20-15-8-4-5-9-16(15)23-18(25)14(17(24)22-19(23)26)12-21-11-10-13-6-2-1-3-7-13/h4-6,8-9,12,14H,1-3,7,10-11H2,(H,22,24,26)/t14-/m1/s1. The number of para-hydroxylation sites is 1. The fourth-order valence-corrected chi connectivity index (χ4v) is 3.61. The quantitative estimate of drug-likeness (QED) is 0.362. The molecule has 1 aliphatic carbocycles. The van der Waals surface area contributed by atoms with E-state index in [1.807, 2.05) is 0 Å². The number of amides is 2. The molecule has 1 atom stereocenters. The molecule has 136 valence electrons. The first-order chi connectivity index (χ1) is 12.6. The van der Waals surface area contributed by atoms with Crippen LogP contribution in [0.4, 0.5) is 5.69 Å². The molecule has 2 amide bonds. The van der Waals surface area contributed by atoms with Gasteiger partial charge in [-0.3, -0.25) is 19.5 Å². The number of carbonyl (C=O) groups excluding carboxylic acids is 2. The van der Waals surface area contributed by atoms with Crippen LogP contribution in [0.1, 0.15) is 32.1 Å². The van der Waals surface area contributed by atoms with Crippen molar-refractivity contribution in [1.82, 2.24) is 5.32 Å². The lowest BCUT2D eigenvalue weighted by Crippen LogP contribution is -2.58. The minimum atomic E-state index is -1.00. The van der Waals surface area contributed by atoms with Crippen LogP contribution in [0.5, 0.6) is 0 Å². The Morgan fingerprint density at radius 3 is 2.85 bits per heavy atom. The van der Waals surface area contributed by atoms with Crippen molar-refractivity contribution >= 4 is 52.6 Å². The molecule has 0 bridgehead atoms. The number of thiocarbonyl (C=S) groups is 1. The Balaban J connectivity index is 1.70. The van der Waals surface area contributed by atoms with Crippen LogP contribution in [0.15, 0.2) is 40.9 Å². The normalized spacial score (nSPS) is 21.1. The van der Waals surface area contributed by atoms with Crippen molar-refractivity contribution in [2.45, 2.75) is 32.1 Å². The minimum Gasteiger partial charge on any atom is -0.301 e. The average Bonchev–Trinajstić information content (AvgIpc) is 2.63. The highest BCUT2D eigenvalue weighted by Crippen LogP contribution is 2.28. The summed E-state index contributed by atoms with van der Waals surface area (Å²) < 4.78 is 0. The first-order valence-corrected chi connectivity index (χ1v) is 9.47. The van der Waals surface area contributed by atoms with Gasteiger partial charge in [0.2, 0.25) is 5.91 Å². The summed E-state index contributed by atoms with van der Waals surface area (Å²) in [4.78, 5) is 30.6. The van der Waals surface area contributed by atoms with Crippen LogP contribution in [0.25, 0.3) is 0 Å². The highest BCUT2D eigenvalue weighted by Gasteiger charge is 2.38. The van der Waals surface area contributed by atoms with Gasteiger partial charge in [-0.15, -0.1) is 0 Å². The van der Waals surface area contributed by atoms with Gasteiger partial charge in [0.25, 0.3) is 5.91 Å². The van der Waals surface area contributed by atoms with Crippen LogP contribution in [0.2, 0.25) is 5.02 Å². The topological polar surface area (TPSA) is 61.8 Å². The number of aliphatic imine (C=N–C) groups is 1. The van der Waals surface area contributed by atoms with Gasteiger partial charge in [-0.05, 0) is 56.5 Å². The molecule has 1 N–H and O–H groups in total. The first kappa shape index (κ1) is 18.7. The second-order valence-electron chi connectivity index (χ2n) is 6.31. The van der Waals surface area contributed by atoms with Gasteiger partial charge in [-0.1, -0.05) is 35.4 Å². The Morgan fingerprint density at radius 1 is 1.31 bits per heavy atom. The highest BCUT2D eigenvalue weighted by atomic mass is 35.5. The number of allylic oxidation sites excluding steroid dienone is 1. The van der Waals surface area contributed by atoms with E-state index in [4.69, 9.17) is 23.8 Å². The molecule has 0 radical (unpaired) electrons. The monoisotopic (exact) mass is 389 g/mol. The van der Waals surface area contributed by atoms with Crippen LogP contribution >= 0.6 is 23.8 Å². The van der Waals surface area contributed by atoms with Crippen molar-refractivity contribution < 1.29 is 9.59 Å². The number of carbonyl (C=O) groups is 2. The maximum Gasteiger partial charge on any atom is 0.251 e. The Labute approximate surface area is 163 Å². The summed E-state index contributed by atoms with van der Waals surface area (Å²) in [6, 6.07) is 6.88. The summed E-state index contributed by atoms with van der Waals surface area (Å²) >= 11 is 11.3. The second kappa shape index (κ2) is 8.56. The van der Waals surface area contributed by atoms with Crippen LogP contribution < -0.4 is 10.2 Å². The van der Waals surface area contributed by atoms with E-state index in [1.165, 1.54) is 29.5 Å². The van der Waals surface area contributed by atoms with Crippen LogP contribution in [-0.2, 0) is 9.59 Å². The Morgan fingerprint density at radius 2 is 2.12 bits per heavy atom. The molecule has 0 saturated carbocycles. The van der Waals surface area contributed by atoms with Gasteiger partial charge in [0.15, 0.2) is 11.0 Å². The average molecular weight is 390 g/mol. The lowest BCUT2D eigenvalue weighted by molar-refractivity contribution is -0.130. The summed E-state index contributed by atoms with van der Waals surface area (Å²) in [5, 5.41) is 2.98. The predicted molar refractivity (Wildman–Crippen MR) is 108 cm³/mol. The molecule has 0 aromatic heterocycles. The molecule has 0 unspecified atom stereocenters. The molecule has 7 heteroatoms. The van der Waals surface area contributed by atoms with Crippen molar-refractivity contribution in [3.05, 3.63) is 40.9 Å². The molecule has 1 aromatic carbocycles. The summed E-state index contributed by atoms with van der Waals surface area (Å²) in [7, 11) is 0. The summed E-state index contributed by atoms with van der Waals surface area (Å²) in [5.74, 6) is -1.89. The van der Waals surface area contributed by atoms with Gasteiger partial charge in [0, 0.05) is 12.8 Å². The smallest absolute Gasteiger partial charge is 0.251 e. The van der Waals surface area contributed by atoms with Gasteiger partial charge < -0.3 is 5.32 Å². The number of hydrogen-bond acceptors (Lipinski definition) is 4. The second-order valence-corrected chi connectivity index (χ2v) is 7.10. The van der Waals surface area contributed by atoms with Gasteiger partial charge in [0.1, 0.15) is 0 Å². The van der Waals surface area contributed by atoms with Crippen molar-refractivity contribution in [1.29, 1.82) is 0 Å². The molecule has 0 spiro atoms. The maximum absolute atomic E-state index is 12.8. The molecule has 3 rings (SSSR count). The summed E-state index contributed by atoms with van der Waals surface area (Å²) in [6.07, 6.45) is 9.29. The van der Waals surface area contributed by atoms with E-state index in [1.54, 1.807) is 24.3 Å². The molecule has 26 heavy (non-hydrogen) atoms. The molecule has 2 aliphatic rings. The number of nitrogens with one attached hydrogen (secondary N) is 1. The molecule has 5 nitrogen and oxygen atoms in total. The van der Waals surface area contributed by atoms with Gasteiger partial charge in [0.05, 0.1) is 10.7 Å². The Kier molecular flexibility index (Phi) is 6.16. The third-order valence-corrected chi connectivity index (χ3v) is 5.10. The fourth-order valence-electron chi connectivity index (χ4n) is 3.10. The number of benzene rings is 1. The predicted octanol–water partition coefficient (Wildman–Crippen LogP) is 3.67. The highest BCUT2D eigenvalue weighted by molar-refractivity contribution is 7.80. The molecule has 1 aliphatic heterocycles. The minimum absolute atomic E-state index is 0.0325. The third-order valence-electron chi connectivity index (χ3n) is 4.50. The summed E-state index contributed by atoms with van der Waals surface area (Å²) in [6.45, 7) is 0.569. The van der Waals surface area contributed by atoms with E-state index in [0.717, 1.165) is 19.3 Å². The van der Waals surface area contributed by atoms with E-state index in [9.17, 15) is 9.59 Å². The zero-order chi connectivity index (χ0) is 18.5. The van der Waals surface area contributed by atoms with E-state index in [0.29, 0.717) is 17.3 Å². The molecular formula is C19H20ClN3O2S. The molecule has 1 heterocycles. The number of hydrogen-bond donors (Lipinski definition) is 1. The van der Waals surface area contributed by atoms with Crippen LogP contribution in [0, 0.1) is 5.92 Å². The van der Waals surface area contributed by atoms with Crippen molar-refractivity contribution in [3.63, 3.8) is 0 Å². The van der Waals surface area contributed by atoms with Gasteiger partial charge >= 0.3 is 0 Å². The Hall–Kier alpha value is -2.05. The zero-order valence-corrected chi connectivity index (χ0v) is 15.9. The molecule has 1 fully saturated rings. The zero-order valence-electron chi connectivity index (χ0n) is 14.3. The number of anilines is 1. The van der Waals surface area contributed by atoms with E-state index >= 15 is 0 Å². The van der Waals surface area contributed by atoms with Crippen molar-refractivity contribution in [2.24, 2.45) is 10.9 Å². The lowest BCUT2D eigenvalue weighted by atomic mass is 9.97. The van der Waals surface area contributed by atoms with Crippen LogP contribution in [0.3, 0.4) is 0 Å². The van der Waals surface area contributed by atoms with Crippen LogP contribution in [-0.4, -0.2) is 29.7 Å².